The normalized spacial score (nSPS) is 35.9. The maximum atomic E-state index is 9.61. The van der Waals surface area contributed by atoms with Crippen LogP contribution < -0.4 is 5.32 Å². The maximum absolute atomic E-state index is 9.61. The predicted octanol–water partition coefficient (Wildman–Crippen LogP) is 6.81. The van der Waals surface area contributed by atoms with Crippen LogP contribution in [0, 0.1) is 28.6 Å². The summed E-state index contributed by atoms with van der Waals surface area (Å²) in [6, 6.07) is 10.7. The Bertz CT molecular complexity index is 1110. The average Bonchev–Trinajstić information content (AvgIpc) is 3.39. The highest BCUT2D eigenvalue weighted by Gasteiger charge is 2.58. The number of aryl methyl sites for hydroxylation is 1. The molecule has 2 fully saturated rings. The smallest absolute Gasteiger partial charge is 0.183 e. The Balaban J connectivity index is 1.23. The summed E-state index contributed by atoms with van der Waals surface area (Å²) < 4.78 is 0. The van der Waals surface area contributed by atoms with Gasteiger partial charge in [0.05, 0.1) is 16.3 Å². The van der Waals surface area contributed by atoms with Gasteiger partial charge in [-0.25, -0.2) is 4.98 Å². The fourth-order valence-corrected chi connectivity index (χ4v) is 9.08. The SMILES string of the molecule is C[C@]12CCc3nc(NCCc4ccccc4)sc3C1=CC[C@@H]1[C@@H]2CC[C@]2(C)/C(=N/O)CC[C@@H]12. The molecule has 2 saturated carbocycles. The number of benzene rings is 1. The standard InChI is InChI=1S/C28H35N3OS/c1-27-16-13-23-25(33-26(30-23)29-17-14-18-6-4-3-5-7-18)22(27)9-8-19-20-10-11-24(31-32)28(20,2)15-12-21(19)27/h3-7,9,19-21,32H,8,10-17H2,1-2H3,(H,29,30)/b31-24+/t19-,20-,21-,27+,28-/m0/s1. The molecule has 0 spiro atoms. The fourth-order valence-electron chi connectivity index (χ4n) is 7.86. The second kappa shape index (κ2) is 7.97. The largest absolute Gasteiger partial charge is 0.411 e. The van der Waals surface area contributed by atoms with Crippen LogP contribution in [0.15, 0.2) is 41.6 Å². The number of aromatic nitrogens is 1. The number of hydrogen-bond acceptors (Lipinski definition) is 5. The molecule has 2 N–H and O–H groups in total. The van der Waals surface area contributed by atoms with Gasteiger partial charge in [0.2, 0.25) is 0 Å². The zero-order valence-corrected chi connectivity index (χ0v) is 20.6. The van der Waals surface area contributed by atoms with Gasteiger partial charge in [-0.15, -0.1) is 0 Å². The van der Waals surface area contributed by atoms with Gasteiger partial charge in [-0.1, -0.05) is 66.7 Å². The first-order valence-corrected chi connectivity index (χ1v) is 13.5. The summed E-state index contributed by atoms with van der Waals surface area (Å²) in [6.07, 6.45) is 11.7. The Labute approximate surface area is 201 Å². The Morgan fingerprint density at radius 1 is 1.09 bits per heavy atom. The van der Waals surface area contributed by atoms with Gasteiger partial charge in [-0.05, 0) is 85.7 Å². The van der Waals surface area contributed by atoms with Crippen LogP contribution in [0.25, 0.3) is 5.57 Å². The minimum Gasteiger partial charge on any atom is -0.411 e. The first kappa shape index (κ1) is 21.4. The van der Waals surface area contributed by atoms with Crippen LogP contribution in [0.1, 0.15) is 68.5 Å². The van der Waals surface area contributed by atoms with E-state index in [4.69, 9.17) is 4.98 Å². The summed E-state index contributed by atoms with van der Waals surface area (Å²) in [5, 5.41) is 18.0. The number of allylic oxidation sites excluding steroid dienone is 2. The van der Waals surface area contributed by atoms with Gasteiger partial charge in [-0.3, -0.25) is 0 Å². The maximum Gasteiger partial charge on any atom is 0.183 e. The molecule has 4 nitrogen and oxygen atoms in total. The van der Waals surface area contributed by atoms with E-state index in [2.05, 4.69) is 60.7 Å². The number of hydrogen-bond donors (Lipinski definition) is 2. The van der Waals surface area contributed by atoms with Crippen molar-refractivity contribution in [3.8, 4) is 0 Å². The molecule has 0 amide bonds. The van der Waals surface area contributed by atoms with E-state index in [1.54, 1.807) is 5.57 Å². The molecular formula is C28H35N3OS. The van der Waals surface area contributed by atoms with E-state index in [1.807, 2.05) is 11.3 Å². The van der Waals surface area contributed by atoms with Crippen molar-refractivity contribution in [2.45, 2.75) is 65.2 Å². The lowest BCUT2D eigenvalue weighted by molar-refractivity contribution is 0.0110. The van der Waals surface area contributed by atoms with Crippen LogP contribution in [0.5, 0.6) is 0 Å². The monoisotopic (exact) mass is 461 g/mol. The molecule has 1 aromatic carbocycles. The zero-order chi connectivity index (χ0) is 22.6. The number of nitrogens with one attached hydrogen (secondary N) is 1. The van der Waals surface area contributed by atoms with Crippen molar-refractivity contribution in [1.29, 1.82) is 0 Å². The van der Waals surface area contributed by atoms with E-state index in [-0.39, 0.29) is 10.8 Å². The zero-order valence-electron chi connectivity index (χ0n) is 19.8. The molecule has 5 atom stereocenters. The summed E-state index contributed by atoms with van der Waals surface area (Å²) in [5.41, 5.74) is 5.68. The molecule has 4 aliphatic rings. The van der Waals surface area contributed by atoms with Gasteiger partial charge in [-0.2, -0.15) is 0 Å². The Hall–Kier alpha value is -2.14. The van der Waals surface area contributed by atoms with E-state index >= 15 is 0 Å². The van der Waals surface area contributed by atoms with Crippen molar-refractivity contribution < 1.29 is 5.21 Å². The van der Waals surface area contributed by atoms with Crippen LogP contribution in [-0.2, 0) is 12.8 Å². The van der Waals surface area contributed by atoms with Gasteiger partial charge in [0, 0.05) is 12.0 Å². The average molecular weight is 462 g/mol. The molecule has 33 heavy (non-hydrogen) atoms. The van der Waals surface area contributed by atoms with Crippen LogP contribution in [0.3, 0.4) is 0 Å². The van der Waals surface area contributed by atoms with Gasteiger partial charge < -0.3 is 10.5 Å². The number of fused-ring (bicyclic) bond motifs is 7. The molecule has 0 unspecified atom stereocenters. The van der Waals surface area contributed by atoms with Crippen LogP contribution in [0.4, 0.5) is 5.13 Å². The van der Waals surface area contributed by atoms with Crippen molar-refractivity contribution in [2.24, 2.45) is 33.7 Å². The highest BCUT2D eigenvalue weighted by Crippen LogP contribution is 2.65. The molecule has 1 heterocycles. The van der Waals surface area contributed by atoms with E-state index in [0.29, 0.717) is 5.92 Å². The van der Waals surface area contributed by atoms with Crippen molar-refractivity contribution in [2.75, 3.05) is 11.9 Å². The van der Waals surface area contributed by atoms with Gasteiger partial charge >= 0.3 is 0 Å². The molecule has 2 aromatic rings. The molecule has 4 aliphatic carbocycles. The topological polar surface area (TPSA) is 57.5 Å². The molecule has 0 bridgehead atoms. The van der Waals surface area contributed by atoms with Gasteiger partial charge in [0.1, 0.15) is 0 Å². The van der Waals surface area contributed by atoms with E-state index in [1.165, 1.54) is 48.2 Å². The predicted molar refractivity (Wildman–Crippen MR) is 136 cm³/mol. The van der Waals surface area contributed by atoms with Gasteiger partial charge in [0.15, 0.2) is 5.13 Å². The Morgan fingerprint density at radius 3 is 2.73 bits per heavy atom. The number of rotatable bonds is 4. The summed E-state index contributed by atoms with van der Waals surface area (Å²) in [6.45, 7) is 5.83. The lowest BCUT2D eigenvalue weighted by Gasteiger charge is -2.56. The first-order valence-electron chi connectivity index (χ1n) is 12.7. The molecule has 0 saturated heterocycles. The van der Waals surface area contributed by atoms with E-state index in [0.717, 1.165) is 48.5 Å². The first-order chi connectivity index (χ1) is 16.0. The Morgan fingerprint density at radius 2 is 1.91 bits per heavy atom. The van der Waals surface area contributed by atoms with Crippen molar-refractivity contribution in [1.82, 2.24) is 4.98 Å². The summed E-state index contributed by atoms with van der Waals surface area (Å²) in [4.78, 5) is 6.46. The minimum absolute atomic E-state index is 0.109. The molecule has 6 rings (SSSR count). The molecule has 0 aliphatic heterocycles. The highest BCUT2D eigenvalue weighted by atomic mass is 32.1. The molecular weight excluding hydrogens is 426 g/mol. The summed E-state index contributed by atoms with van der Waals surface area (Å²) in [7, 11) is 0. The summed E-state index contributed by atoms with van der Waals surface area (Å²) >= 11 is 1.87. The highest BCUT2D eigenvalue weighted by molar-refractivity contribution is 7.16. The second-order valence-electron chi connectivity index (χ2n) is 11.1. The second-order valence-corrected chi connectivity index (χ2v) is 12.1. The fraction of sp³-hybridized carbons (Fsp3) is 0.571. The molecule has 174 valence electrons. The molecule has 1 aromatic heterocycles. The molecule has 0 radical (unpaired) electrons. The number of oxime groups is 1. The molecule has 5 heteroatoms. The number of thiazole rings is 1. The van der Waals surface area contributed by atoms with Crippen LogP contribution >= 0.6 is 11.3 Å². The van der Waals surface area contributed by atoms with Crippen molar-refractivity contribution in [3.63, 3.8) is 0 Å². The van der Waals surface area contributed by atoms with E-state index in [9.17, 15) is 5.21 Å². The Kier molecular flexibility index (Phi) is 5.17. The summed E-state index contributed by atoms with van der Waals surface area (Å²) in [5.74, 6) is 2.11. The third-order valence-electron chi connectivity index (χ3n) is 9.68. The minimum atomic E-state index is 0.109. The quantitative estimate of drug-likeness (QED) is 0.388. The van der Waals surface area contributed by atoms with E-state index < -0.39 is 0 Å². The van der Waals surface area contributed by atoms with Crippen LogP contribution in [-0.4, -0.2) is 22.4 Å². The van der Waals surface area contributed by atoms with Crippen molar-refractivity contribution >= 4 is 27.8 Å². The van der Waals surface area contributed by atoms with Crippen molar-refractivity contribution in [3.05, 3.63) is 52.5 Å². The van der Waals surface area contributed by atoms with Crippen LogP contribution in [0.2, 0.25) is 0 Å². The lowest BCUT2D eigenvalue weighted by atomic mass is 9.48. The number of anilines is 1. The number of nitrogens with zero attached hydrogens (tertiary/aromatic N) is 2. The van der Waals surface area contributed by atoms with Gasteiger partial charge in [0.25, 0.3) is 0 Å². The third kappa shape index (κ3) is 3.30. The third-order valence-corrected chi connectivity index (χ3v) is 10.8. The lowest BCUT2D eigenvalue weighted by Crippen LogP contribution is -2.49.